The molecule has 84 valence electrons. The van der Waals surface area contributed by atoms with Crippen LogP contribution in [0.3, 0.4) is 0 Å². The second kappa shape index (κ2) is 10.6. The zero-order chi connectivity index (χ0) is 8.97. The van der Waals surface area contributed by atoms with Crippen molar-refractivity contribution in [1.82, 2.24) is 0 Å². The predicted molar refractivity (Wildman–Crippen MR) is 45.1 cm³/mol. The van der Waals surface area contributed by atoms with Gasteiger partial charge in [0.2, 0.25) is 0 Å². The molecule has 0 fully saturated rings. The minimum Gasteiger partial charge on any atom is -0.366 e. The van der Waals surface area contributed by atoms with Crippen molar-refractivity contribution < 1.29 is 67.1 Å². The summed E-state index contributed by atoms with van der Waals surface area (Å²) in [5.41, 5.74) is 1.59. The van der Waals surface area contributed by atoms with Crippen LogP contribution in [0, 0.1) is 37.0 Å². The first-order valence-corrected chi connectivity index (χ1v) is 3.23. The van der Waals surface area contributed by atoms with E-state index in [1.54, 1.807) is 18.2 Å². The molecule has 0 saturated heterocycles. The first-order chi connectivity index (χ1) is 5.80. The summed E-state index contributed by atoms with van der Waals surface area (Å²) < 4.78 is 0. The molecule has 0 spiro atoms. The van der Waals surface area contributed by atoms with Crippen molar-refractivity contribution in [3.63, 3.8) is 0 Å². The van der Waals surface area contributed by atoms with Gasteiger partial charge in [-0.3, -0.25) is 17.8 Å². The summed E-state index contributed by atoms with van der Waals surface area (Å²) in [6.45, 7) is 0. The molecule has 0 nitrogen and oxygen atoms in total. The molecule has 0 N–H and O–H groups in total. The van der Waals surface area contributed by atoms with Crippen molar-refractivity contribution in [3.8, 4) is 17.8 Å². The predicted octanol–water partition coefficient (Wildman–Crippen LogP) is 1.49. The van der Waals surface area contributed by atoms with Crippen LogP contribution < -0.4 is 0 Å². The van der Waals surface area contributed by atoms with E-state index in [0.717, 1.165) is 0 Å². The third-order valence-electron chi connectivity index (χ3n) is 1.37. The van der Waals surface area contributed by atoms with Crippen molar-refractivity contribution in [2.24, 2.45) is 0 Å². The summed E-state index contributed by atoms with van der Waals surface area (Å²) in [4.78, 5) is 0. The first kappa shape index (κ1) is 20.5. The number of benzene rings is 1. The fraction of sp³-hybridized carbons (Fsp3) is 0. The van der Waals surface area contributed by atoms with Crippen LogP contribution >= 0.6 is 0 Å². The van der Waals surface area contributed by atoms with Gasteiger partial charge < -0.3 is 19.3 Å². The monoisotopic (exact) mass is 738 g/mol. The van der Waals surface area contributed by atoms with Gasteiger partial charge in [0.25, 0.3) is 0 Å². The van der Waals surface area contributed by atoms with Crippen molar-refractivity contribution in [3.05, 3.63) is 54.2 Å². The molecule has 0 bridgehead atoms. The van der Waals surface area contributed by atoms with Gasteiger partial charge in [-0.1, -0.05) is 0 Å². The molecule has 0 aliphatic carbocycles. The van der Waals surface area contributed by atoms with Gasteiger partial charge in [0.05, 0.1) is 0 Å². The molecule has 15 heavy (non-hydrogen) atoms. The van der Waals surface area contributed by atoms with Crippen molar-refractivity contribution >= 4 is 0 Å². The van der Waals surface area contributed by atoms with Crippen LogP contribution in [0.15, 0.2) is 18.2 Å². The third kappa shape index (κ3) is 6.32. The van der Waals surface area contributed by atoms with Crippen molar-refractivity contribution in [2.45, 2.75) is 0 Å². The summed E-state index contributed by atoms with van der Waals surface area (Å²) in [5, 5.41) is 0. The Kier molecular flexibility index (Phi) is 14.5. The van der Waals surface area contributed by atoms with E-state index in [9.17, 15) is 0 Å². The molecule has 0 aromatic heterocycles. The molecule has 0 unspecified atom stereocenters. The molecular formula is C12H3Au3. The molecule has 1 rings (SSSR count). The average Bonchev–Trinajstić information content (AvgIpc) is 2.16. The van der Waals surface area contributed by atoms with Gasteiger partial charge in [0.1, 0.15) is 0 Å². The Morgan fingerprint density at radius 3 is 0.933 bits per heavy atom. The van der Waals surface area contributed by atoms with E-state index in [0.29, 0.717) is 16.7 Å². The van der Waals surface area contributed by atoms with Crippen LogP contribution in [-0.4, -0.2) is 0 Å². The van der Waals surface area contributed by atoms with Gasteiger partial charge >= 0.3 is 67.1 Å². The quantitative estimate of drug-likeness (QED) is 0.216. The number of hydrogen-bond donors (Lipinski definition) is 0. The molecule has 3 heteroatoms. The molecule has 1 aromatic rings. The summed E-state index contributed by atoms with van der Waals surface area (Å²) in [5.74, 6) is 6.54. The SMILES string of the molecule is [Au+].[Au+].[Au+].[C-]#Cc1cc(C#[C-])cc(C#[C-])c1. The van der Waals surface area contributed by atoms with Gasteiger partial charge in [-0.05, 0) is 0 Å². The Labute approximate surface area is 138 Å². The number of rotatable bonds is 0. The second-order valence-corrected chi connectivity index (χ2v) is 2.17. The number of hydrogen-bond acceptors (Lipinski definition) is 0. The largest absolute Gasteiger partial charge is 1.00 e. The molecule has 0 heterocycles. The molecule has 0 aliphatic rings. The van der Waals surface area contributed by atoms with Gasteiger partial charge in [0, 0.05) is 0 Å². The maximum atomic E-state index is 6.86. The van der Waals surface area contributed by atoms with Crippen LogP contribution in [-0.2, 0) is 67.1 Å². The Bertz CT molecular complexity index is 349. The normalized spacial score (nSPS) is 6.20. The van der Waals surface area contributed by atoms with E-state index < -0.39 is 0 Å². The van der Waals surface area contributed by atoms with Crippen molar-refractivity contribution in [2.75, 3.05) is 0 Å². The standard InChI is InChI=1S/C12H3.3Au/c1-4-10-7-11(5-2)9-12(6-3)8-10;;;/h7-9H;;;/q-3;3*+1. The summed E-state index contributed by atoms with van der Waals surface area (Å²) >= 11 is 0. The Hall–Kier alpha value is 0.121. The average molecular weight is 738 g/mol. The summed E-state index contributed by atoms with van der Waals surface area (Å²) in [6.07, 6.45) is 20.6. The van der Waals surface area contributed by atoms with E-state index in [1.807, 2.05) is 0 Å². The second-order valence-electron chi connectivity index (χ2n) is 2.17. The molecular weight excluding hydrogens is 735 g/mol. The molecule has 0 radical (unpaired) electrons. The van der Waals surface area contributed by atoms with Gasteiger partial charge in [-0.15, -0.1) is 0 Å². The smallest absolute Gasteiger partial charge is 0.366 e. The first-order valence-electron chi connectivity index (χ1n) is 3.23. The van der Waals surface area contributed by atoms with E-state index in [4.69, 9.17) is 19.3 Å². The van der Waals surface area contributed by atoms with Crippen LogP contribution in [0.1, 0.15) is 16.7 Å². The zero-order valence-corrected chi connectivity index (χ0v) is 13.6. The summed E-state index contributed by atoms with van der Waals surface area (Å²) in [7, 11) is 0. The molecule has 0 saturated carbocycles. The van der Waals surface area contributed by atoms with Crippen LogP contribution in [0.5, 0.6) is 0 Å². The topological polar surface area (TPSA) is 0 Å². The van der Waals surface area contributed by atoms with Crippen LogP contribution in [0.25, 0.3) is 0 Å². The van der Waals surface area contributed by atoms with Crippen molar-refractivity contribution in [1.29, 1.82) is 0 Å². The molecule has 0 aliphatic heterocycles. The van der Waals surface area contributed by atoms with Gasteiger partial charge in [0.15, 0.2) is 0 Å². The molecule has 1 aromatic carbocycles. The third-order valence-corrected chi connectivity index (χ3v) is 1.37. The fourth-order valence-electron chi connectivity index (χ4n) is 0.844. The van der Waals surface area contributed by atoms with Gasteiger partial charge in [-0.25, -0.2) is 18.2 Å². The van der Waals surface area contributed by atoms with E-state index in [2.05, 4.69) is 17.8 Å². The zero-order valence-electron chi connectivity index (χ0n) is 7.14. The Balaban J connectivity index is -0.000000480. The van der Waals surface area contributed by atoms with E-state index in [1.165, 1.54) is 0 Å². The maximum absolute atomic E-state index is 6.86. The van der Waals surface area contributed by atoms with Gasteiger partial charge in [-0.2, -0.15) is 16.7 Å². The fourth-order valence-corrected chi connectivity index (χ4v) is 0.844. The van der Waals surface area contributed by atoms with E-state index in [-0.39, 0.29) is 67.1 Å². The minimum absolute atomic E-state index is 0. The van der Waals surface area contributed by atoms with Crippen LogP contribution in [0.4, 0.5) is 0 Å². The minimum atomic E-state index is 0. The Morgan fingerprint density at radius 1 is 0.600 bits per heavy atom. The summed E-state index contributed by atoms with van der Waals surface area (Å²) in [6, 6.07) is 4.79. The molecule has 0 amide bonds. The van der Waals surface area contributed by atoms with Crippen LogP contribution in [0.2, 0.25) is 0 Å². The molecule has 0 atom stereocenters. The van der Waals surface area contributed by atoms with E-state index >= 15 is 0 Å². The Morgan fingerprint density at radius 2 is 0.800 bits per heavy atom. The maximum Gasteiger partial charge on any atom is 1.00 e.